The Morgan fingerprint density at radius 2 is 2.05 bits per heavy atom. The molecule has 0 aliphatic carbocycles. The molecule has 37 heavy (non-hydrogen) atoms. The van der Waals surface area contributed by atoms with Gasteiger partial charge in [-0.25, -0.2) is 0 Å². The number of rotatable bonds is 7. The number of halogens is 1. The number of terminal acetylenes is 1. The number of methoxy groups -OCH3 is 1. The highest BCUT2D eigenvalue weighted by atomic mass is 35.5. The number of benzene rings is 2. The number of fused-ring (bicyclic) bond motifs is 1. The van der Waals surface area contributed by atoms with Crippen molar-refractivity contribution in [2.45, 2.75) is 18.3 Å². The van der Waals surface area contributed by atoms with E-state index >= 15 is 0 Å². The molecular formula is C29H30ClN5O2. The summed E-state index contributed by atoms with van der Waals surface area (Å²) in [4.78, 5) is 9.16. The summed E-state index contributed by atoms with van der Waals surface area (Å²) in [6.45, 7) is 4.53. The normalized spacial score (nSPS) is 19.1. The number of pyridine rings is 1. The molecule has 7 nitrogen and oxygen atoms in total. The Kier molecular flexibility index (Phi) is 7.13. The second-order valence-corrected chi connectivity index (χ2v) is 10.2. The van der Waals surface area contributed by atoms with Crippen LogP contribution in [0.5, 0.6) is 11.5 Å². The summed E-state index contributed by atoms with van der Waals surface area (Å²) in [6, 6.07) is 13.5. The molecule has 8 heteroatoms. The van der Waals surface area contributed by atoms with Crippen LogP contribution >= 0.6 is 11.6 Å². The highest BCUT2D eigenvalue weighted by Gasteiger charge is 2.50. The van der Waals surface area contributed by atoms with Gasteiger partial charge in [-0.2, -0.15) is 5.26 Å². The predicted molar refractivity (Wildman–Crippen MR) is 147 cm³/mol. The standard InChI is InChI=1S/C29H30ClN5O2/c1-4-20-6-5-7-22(14-20)33-27-21(17-31)18-32-24-16-26(25(36-3)15-23(24)27)37-13-12-35-10-8-29(9-11-35)19-34(2)28(29)30/h1,5-7,14-16,18,28H,8-13,19H2,2-3H3,(H,32,33). The van der Waals surface area contributed by atoms with Gasteiger partial charge in [-0.3, -0.25) is 14.8 Å². The lowest BCUT2D eigenvalue weighted by Gasteiger charge is -2.56. The van der Waals surface area contributed by atoms with Crippen molar-refractivity contribution in [1.29, 1.82) is 5.26 Å². The molecule has 3 aromatic rings. The van der Waals surface area contributed by atoms with E-state index in [-0.39, 0.29) is 10.9 Å². The molecule has 0 saturated carbocycles. The molecule has 1 atom stereocenters. The molecule has 0 bridgehead atoms. The molecule has 1 N–H and O–H groups in total. The molecule has 1 aromatic heterocycles. The topological polar surface area (TPSA) is 73.7 Å². The fourth-order valence-electron chi connectivity index (χ4n) is 5.43. The van der Waals surface area contributed by atoms with Gasteiger partial charge in [0.15, 0.2) is 11.5 Å². The summed E-state index contributed by atoms with van der Waals surface area (Å²) in [5.74, 6) is 3.85. The predicted octanol–water partition coefficient (Wildman–Crippen LogP) is 4.81. The van der Waals surface area contributed by atoms with Crippen molar-refractivity contribution in [1.82, 2.24) is 14.8 Å². The zero-order valence-corrected chi connectivity index (χ0v) is 21.9. The first kappa shape index (κ1) is 25.2. The smallest absolute Gasteiger partial charge is 0.163 e. The Balaban J connectivity index is 1.31. The van der Waals surface area contributed by atoms with Crippen LogP contribution in [0.25, 0.3) is 10.9 Å². The van der Waals surface area contributed by atoms with Gasteiger partial charge in [-0.1, -0.05) is 12.0 Å². The van der Waals surface area contributed by atoms with Gasteiger partial charge in [0.25, 0.3) is 0 Å². The largest absolute Gasteiger partial charge is 0.493 e. The van der Waals surface area contributed by atoms with Crippen molar-refractivity contribution >= 4 is 33.9 Å². The first-order valence-corrected chi connectivity index (χ1v) is 12.8. The molecule has 1 spiro atoms. The van der Waals surface area contributed by atoms with Crippen LogP contribution in [-0.2, 0) is 0 Å². The third-order valence-corrected chi connectivity index (χ3v) is 8.34. The maximum atomic E-state index is 9.72. The van der Waals surface area contributed by atoms with Crippen LogP contribution in [-0.4, -0.2) is 67.2 Å². The van der Waals surface area contributed by atoms with Crippen molar-refractivity contribution < 1.29 is 9.47 Å². The molecule has 2 aliphatic heterocycles. The van der Waals surface area contributed by atoms with E-state index in [4.69, 9.17) is 27.5 Å². The summed E-state index contributed by atoms with van der Waals surface area (Å²) >= 11 is 6.57. The van der Waals surface area contributed by atoms with Gasteiger partial charge in [-0.05, 0) is 57.2 Å². The number of anilines is 2. The van der Waals surface area contributed by atoms with Crippen molar-refractivity contribution in [2.24, 2.45) is 5.41 Å². The second kappa shape index (κ2) is 10.5. The number of nitrogens with zero attached hydrogens (tertiary/aromatic N) is 4. The van der Waals surface area contributed by atoms with E-state index in [1.165, 1.54) is 0 Å². The van der Waals surface area contributed by atoms with Gasteiger partial charge in [-0.15, -0.1) is 18.0 Å². The van der Waals surface area contributed by atoms with E-state index in [1.54, 1.807) is 13.3 Å². The van der Waals surface area contributed by atoms with Crippen LogP contribution in [0.1, 0.15) is 24.0 Å². The van der Waals surface area contributed by atoms with Crippen molar-refractivity contribution in [3.8, 4) is 29.9 Å². The molecule has 190 valence electrons. The minimum absolute atomic E-state index is 0.155. The quantitative estimate of drug-likeness (QED) is 0.275. The number of hydrogen-bond donors (Lipinski definition) is 1. The average Bonchev–Trinajstić information content (AvgIpc) is 2.93. The van der Waals surface area contributed by atoms with Crippen LogP contribution in [0, 0.1) is 29.1 Å². The SMILES string of the molecule is C#Cc1cccc(Nc2c(C#N)cnc3cc(OCCN4CCC5(CC4)CN(C)C5Cl)c(OC)cc23)c1. The van der Waals surface area contributed by atoms with E-state index in [9.17, 15) is 5.26 Å². The van der Waals surface area contributed by atoms with Crippen LogP contribution in [0.3, 0.4) is 0 Å². The van der Waals surface area contributed by atoms with Gasteiger partial charge < -0.3 is 14.8 Å². The van der Waals surface area contributed by atoms with Crippen molar-refractivity contribution in [2.75, 3.05) is 52.3 Å². The Hall–Kier alpha value is -3.49. The second-order valence-electron chi connectivity index (χ2n) is 9.83. The van der Waals surface area contributed by atoms with Crippen LogP contribution in [0.2, 0.25) is 0 Å². The summed E-state index contributed by atoms with van der Waals surface area (Å²) in [7, 11) is 3.70. The molecule has 2 fully saturated rings. The maximum absolute atomic E-state index is 9.72. The van der Waals surface area contributed by atoms with Gasteiger partial charge in [0.1, 0.15) is 12.7 Å². The number of nitrogens with one attached hydrogen (secondary N) is 1. The van der Waals surface area contributed by atoms with Crippen molar-refractivity contribution in [3.63, 3.8) is 0 Å². The minimum atomic E-state index is 0.155. The summed E-state index contributed by atoms with van der Waals surface area (Å²) in [6.07, 6.45) is 9.36. The van der Waals surface area contributed by atoms with E-state index in [0.717, 1.165) is 55.7 Å². The van der Waals surface area contributed by atoms with E-state index in [1.807, 2.05) is 36.4 Å². The average molecular weight is 516 g/mol. The fourth-order valence-corrected chi connectivity index (χ4v) is 5.79. The van der Waals surface area contributed by atoms with E-state index in [0.29, 0.717) is 34.9 Å². The third kappa shape index (κ3) is 4.91. The monoisotopic (exact) mass is 515 g/mol. The molecule has 2 aromatic carbocycles. The molecule has 2 aliphatic rings. The Bertz CT molecular complexity index is 1390. The van der Waals surface area contributed by atoms with Gasteiger partial charge in [0, 0.05) is 47.4 Å². The van der Waals surface area contributed by atoms with Gasteiger partial charge >= 0.3 is 0 Å². The Labute approximate surface area is 222 Å². The molecule has 0 amide bonds. The summed E-state index contributed by atoms with van der Waals surface area (Å²) in [5.41, 5.74) is 3.74. The highest BCUT2D eigenvalue weighted by Crippen LogP contribution is 2.47. The fraction of sp³-hybridized carbons (Fsp3) is 0.379. The molecule has 3 heterocycles. The maximum Gasteiger partial charge on any atom is 0.163 e. The van der Waals surface area contributed by atoms with Crippen LogP contribution < -0.4 is 14.8 Å². The number of alkyl halides is 1. The molecule has 2 saturated heterocycles. The lowest BCUT2D eigenvalue weighted by atomic mass is 9.72. The van der Waals surface area contributed by atoms with Gasteiger partial charge in [0.05, 0.1) is 29.4 Å². The number of piperidine rings is 1. The Morgan fingerprint density at radius 1 is 1.24 bits per heavy atom. The zero-order chi connectivity index (χ0) is 26.0. The number of likely N-dealkylation sites (tertiary alicyclic amines) is 2. The van der Waals surface area contributed by atoms with Crippen LogP contribution in [0.4, 0.5) is 11.4 Å². The number of aromatic nitrogens is 1. The lowest BCUT2D eigenvalue weighted by molar-refractivity contribution is -0.0557. The number of hydrogen-bond acceptors (Lipinski definition) is 7. The highest BCUT2D eigenvalue weighted by molar-refractivity contribution is 6.21. The first-order valence-electron chi connectivity index (χ1n) is 12.4. The number of nitriles is 1. The van der Waals surface area contributed by atoms with Gasteiger partial charge in [0.2, 0.25) is 0 Å². The molecule has 5 rings (SSSR count). The van der Waals surface area contributed by atoms with Crippen molar-refractivity contribution in [3.05, 3.63) is 53.7 Å². The molecule has 0 radical (unpaired) electrons. The third-order valence-electron chi connectivity index (χ3n) is 7.55. The zero-order valence-electron chi connectivity index (χ0n) is 21.1. The van der Waals surface area contributed by atoms with E-state index in [2.05, 4.69) is 39.1 Å². The lowest BCUT2D eigenvalue weighted by Crippen LogP contribution is -2.63. The molecule has 1 unspecified atom stereocenters. The van der Waals surface area contributed by atoms with E-state index < -0.39 is 0 Å². The molecular weight excluding hydrogens is 486 g/mol. The minimum Gasteiger partial charge on any atom is -0.493 e. The Morgan fingerprint density at radius 3 is 2.73 bits per heavy atom. The van der Waals surface area contributed by atoms with Crippen LogP contribution in [0.15, 0.2) is 42.6 Å². The summed E-state index contributed by atoms with van der Waals surface area (Å²) in [5, 5.41) is 13.8. The summed E-state index contributed by atoms with van der Waals surface area (Å²) < 4.78 is 11.8. The number of ether oxygens (including phenoxy) is 2. The first-order chi connectivity index (χ1) is 18.0.